The number of aliphatic hydroxyl groups excluding tert-OH is 1. The van der Waals surface area contributed by atoms with Crippen molar-refractivity contribution >= 4 is 35.2 Å². The summed E-state index contributed by atoms with van der Waals surface area (Å²) in [5.74, 6) is -0.676. The maximum Gasteiger partial charge on any atom is 0.247 e. The van der Waals surface area contributed by atoms with Gasteiger partial charge in [0.1, 0.15) is 11.8 Å². The minimum absolute atomic E-state index is 0.0234. The molecule has 1 aromatic carbocycles. The third-order valence-corrected chi connectivity index (χ3v) is 10.3. The summed E-state index contributed by atoms with van der Waals surface area (Å²) in [5, 5.41) is 9.21. The average molecular weight is 568 g/mol. The molecule has 1 spiro atoms. The quantitative estimate of drug-likeness (QED) is 0.324. The number of rotatable bonds is 11. The smallest absolute Gasteiger partial charge is 0.247 e. The van der Waals surface area contributed by atoms with E-state index in [2.05, 4.69) is 19.1 Å². The molecule has 0 saturated carbocycles. The SMILES string of the molecule is CCCCCN1CC=C[C@]23S[C@@H]4C=CCN(c5ccc(OCC)cc5)C(=O)[C@@H]4[C@H]2C(=O)N(CCCCO)C3C1=O. The van der Waals surface area contributed by atoms with Crippen LogP contribution in [0.3, 0.4) is 0 Å². The highest BCUT2D eigenvalue weighted by atomic mass is 32.2. The Morgan fingerprint density at radius 1 is 0.950 bits per heavy atom. The lowest BCUT2D eigenvalue weighted by Gasteiger charge is -2.35. The molecular formula is C31H41N3O5S. The molecule has 1 unspecified atom stereocenters. The molecule has 4 aliphatic heterocycles. The minimum Gasteiger partial charge on any atom is -0.494 e. The second-order valence-corrected chi connectivity index (χ2v) is 12.5. The highest BCUT2D eigenvalue weighted by Crippen LogP contribution is 2.61. The van der Waals surface area contributed by atoms with Gasteiger partial charge in [-0.15, -0.1) is 11.8 Å². The molecule has 5 rings (SSSR count). The molecule has 0 bridgehead atoms. The molecule has 40 heavy (non-hydrogen) atoms. The molecule has 4 aliphatic rings. The predicted molar refractivity (Wildman–Crippen MR) is 157 cm³/mol. The summed E-state index contributed by atoms with van der Waals surface area (Å²) in [7, 11) is 0. The van der Waals surface area contributed by atoms with Crippen molar-refractivity contribution in [3.8, 4) is 5.75 Å². The largest absolute Gasteiger partial charge is 0.494 e. The Kier molecular flexibility index (Phi) is 8.90. The van der Waals surface area contributed by atoms with E-state index < -0.39 is 22.6 Å². The van der Waals surface area contributed by atoms with Crippen LogP contribution in [0.5, 0.6) is 5.75 Å². The molecule has 0 radical (unpaired) electrons. The number of hydrogen-bond donors (Lipinski definition) is 1. The van der Waals surface area contributed by atoms with E-state index in [1.165, 1.54) is 0 Å². The van der Waals surface area contributed by atoms with E-state index in [1.807, 2.05) is 48.2 Å². The van der Waals surface area contributed by atoms with Crippen LogP contribution in [0.15, 0.2) is 48.6 Å². The number of aliphatic hydroxyl groups is 1. The molecule has 1 aromatic rings. The number of fused-ring (bicyclic) bond motifs is 2. The summed E-state index contributed by atoms with van der Waals surface area (Å²) < 4.78 is 4.78. The standard InChI is InChI=1S/C31H41N3O5S/c1-3-5-6-17-32-18-10-16-31-26(29(37)34(19-7-8-21-35)27(31)30(32)38)25-24(40-31)11-9-20-33(28(25)36)22-12-14-23(15-13-22)39-4-2/h9-16,24-27,35H,3-8,17-21H2,1-2H3/t24-,25+,26+,27?,31+/m1/s1. The lowest BCUT2D eigenvalue weighted by Crippen LogP contribution is -2.53. The second kappa shape index (κ2) is 12.4. The van der Waals surface area contributed by atoms with Gasteiger partial charge in [0.05, 0.1) is 23.2 Å². The fourth-order valence-corrected chi connectivity index (χ4v) is 8.70. The van der Waals surface area contributed by atoms with Gasteiger partial charge in [0.25, 0.3) is 0 Å². The summed E-state index contributed by atoms with van der Waals surface area (Å²) in [5.41, 5.74) is 0.765. The number of ether oxygens (including phenoxy) is 1. The van der Waals surface area contributed by atoms with Gasteiger partial charge in [-0.05, 0) is 50.5 Å². The van der Waals surface area contributed by atoms with Gasteiger partial charge in [0.15, 0.2) is 0 Å². The lowest BCUT2D eigenvalue weighted by molar-refractivity contribution is -0.142. The minimum atomic E-state index is -0.802. The van der Waals surface area contributed by atoms with Crippen molar-refractivity contribution in [1.82, 2.24) is 9.80 Å². The number of anilines is 1. The number of amides is 3. The number of carbonyl (C=O) groups is 3. The zero-order valence-corrected chi connectivity index (χ0v) is 24.4. The van der Waals surface area contributed by atoms with Gasteiger partial charge in [-0.3, -0.25) is 14.4 Å². The average Bonchev–Trinajstić information content (AvgIpc) is 3.26. The zero-order chi connectivity index (χ0) is 28.3. The number of thioether (sulfide) groups is 1. The summed E-state index contributed by atoms with van der Waals surface area (Å²) in [4.78, 5) is 48.1. The van der Waals surface area contributed by atoms with E-state index in [0.717, 1.165) is 30.7 Å². The van der Waals surface area contributed by atoms with Crippen LogP contribution in [-0.4, -0.2) is 88.1 Å². The van der Waals surface area contributed by atoms with Gasteiger partial charge in [0, 0.05) is 43.7 Å². The molecule has 3 amide bonds. The van der Waals surface area contributed by atoms with E-state index in [1.54, 1.807) is 21.6 Å². The van der Waals surface area contributed by atoms with Gasteiger partial charge in [-0.1, -0.05) is 44.1 Å². The van der Waals surface area contributed by atoms with Crippen LogP contribution in [0.4, 0.5) is 5.69 Å². The lowest BCUT2D eigenvalue weighted by atomic mass is 9.78. The maximum absolute atomic E-state index is 14.3. The molecule has 2 fully saturated rings. The molecule has 5 atom stereocenters. The van der Waals surface area contributed by atoms with Crippen LogP contribution in [0.1, 0.15) is 46.0 Å². The topological polar surface area (TPSA) is 90.4 Å². The van der Waals surface area contributed by atoms with Crippen molar-refractivity contribution in [2.45, 2.75) is 62.0 Å². The monoisotopic (exact) mass is 567 g/mol. The van der Waals surface area contributed by atoms with Crippen LogP contribution >= 0.6 is 11.8 Å². The normalized spacial score (nSPS) is 29.4. The van der Waals surface area contributed by atoms with Gasteiger partial charge in [-0.25, -0.2) is 0 Å². The van der Waals surface area contributed by atoms with Crippen molar-refractivity contribution in [2.75, 3.05) is 44.3 Å². The van der Waals surface area contributed by atoms with Gasteiger partial charge in [0.2, 0.25) is 17.7 Å². The molecule has 1 N–H and O–H groups in total. The van der Waals surface area contributed by atoms with E-state index in [4.69, 9.17) is 4.74 Å². The first kappa shape index (κ1) is 28.7. The first-order valence-corrected chi connectivity index (χ1v) is 15.6. The number of likely N-dealkylation sites (tertiary alicyclic amines) is 1. The van der Waals surface area contributed by atoms with E-state index in [9.17, 15) is 19.5 Å². The Bertz CT molecular complexity index is 1150. The molecule has 0 aromatic heterocycles. The number of nitrogens with zero attached hydrogens (tertiary/aromatic N) is 3. The van der Waals surface area contributed by atoms with Crippen LogP contribution in [-0.2, 0) is 14.4 Å². The molecular weight excluding hydrogens is 526 g/mol. The summed E-state index contributed by atoms with van der Waals surface area (Å²) >= 11 is 1.61. The summed E-state index contributed by atoms with van der Waals surface area (Å²) in [6.07, 6.45) is 12.4. The van der Waals surface area contributed by atoms with Crippen LogP contribution in [0.25, 0.3) is 0 Å². The van der Waals surface area contributed by atoms with Crippen molar-refractivity contribution < 1.29 is 24.2 Å². The Hall–Kier alpha value is -2.78. The first-order chi connectivity index (χ1) is 19.5. The number of carbonyl (C=O) groups excluding carboxylic acids is 3. The summed E-state index contributed by atoms with van der Waals surface area (Å²) in [6.45, 7) is 6.68. The Balaban J connectivity index is 1.49. The Morgan fingerprint density at radius 2 is 1.73 bits per heavy atom. The number of benzene rings is 1. The third kappa shape index (κ3) is 5.07. The van der Waals surface area contributed by atoms with Gasteiger partial charge >= 0.3 is 0 Å². The fourth-order valence-electron chi connectivity index (χ4n) is 6.69. The first-order valence-electron chi connectivity index (χ1n) is 14.7. The van der Waals surface area contributed by atoms with E-state index in [-0.39, 0.29) is 29.6 Å². The highest BCUT2D eigenvalue weighted by molar-refractivity contribution is 8.02. The van der Waals surface area contributed by atoms with Crippen molar-refractivity contribution in [1.29, 1.82) is 0 Å². The van der Waals surface area contributed by atoms with Crippen LogP contribution in [0.2, 0.25) is 0 Å². The molecule has 0 aliphatic carbocycles. The maximum atomic E-state index is 14.3. The van der Waals surface area contributed by atoms with E-state index >= 15 is 0 Å². The fraction of sp³-hybridized carbons (Fsp3) is 0.581. The molecule has 8 nitrogen and oxygen atoms in total. The van der Waals surface area contributed by atoms with Gasteiger partial charge in [-0.2, -0.15) is 0 Å². The van der Waals surface area contributed by atoms with Crippen LogP contribution < -0.4 is 9.64 Å². The molecule has 216 valence electrons. The predicted octanol–water partition coefficient (Wildman–Crippen LogP) is 3.65. The molecule has 2 saturated heterocycles. The molecule has 9 heteroatoms. The Morgan fingerprint density at radius 3 is 2.45 bits per heavy atom. The van der Waals surface area contributed by atoms with Crippen molar-refractivity contribution in [3.63, 3.8) is 0 Å². The Labute approximate surface area is 241 Å². The molecule has 4 heterocycles. The van der Waals surface area contributed by atoms with Crippen molar-refractivity contribution in [2.24, 2.45) is 11.8 Å². The second-order valence-electron chi connectivity index (χ2n) is 11.0. The van der Waals surface area contributed by atoms with E-state index in [0.29, 0.717) is 45.6 Å². The summed E-state index contributed by atoms with van der Waals surface area (Å²) in [6, 6.07) is 6.85. The third-order valence-electron chi connectivity index (χ3n) is 8.54. The van der Waals surface area contributed by atoms with Crippen LogP contribution in [0, 0.1) is 11.8 Å². The van der Waals surface area contributed by atoms with Gasteiger partial charge < -0.3 is 24.5 Å². The number of unbranched alkanes of at least 4 members (excludes halogenated alkanes) is 3. The van der Waals surface area contributed by atoms with Crippen molar-refractivity contribution in [3.05, 3.63) is 48.6 Å². The number of hydrogen-bond acceptors (Lipinski definition) is 6. The zero-order valence-electron chi connectivity index (χ0n) is 23.5. The highest BCUT2D eigenvalue weighted by Gasteiger charge is 2.70.